The number of carbonyl (C=O) groups excluding carboxylic acids is 1. The Morgan fingerprint density at radius 1 is 1.33 bits per heavy atom. The lowest BCUT2D eigenvalue weighted by Gasteiger charge is -2.33. The Morgan fingerprint density at radius 3 is 2.63 bits per heavy atom. The topological polar surface area (TPSA) is 63.7 Å². The Kier molecular flexibility index (Phi) is 7.20. The number of nitrogens with zero attached hydrogens (tertiary/aromatic N) is 2. The summed E-state index contributed by atoms with van der Waals surface area (Å²) in [6.07, 6.45) is -2.96. The van der Waals surface area contributed by atoms with Crippen LogP contribution in [0.25, 0.3) is 10.2 Å². The van der Waals surface area contributed by atoms with Crippen LogP contribution in [0.4, 0.5) is 19.0 Å². The summed E-state index contributed by atoms with van der Waals surface area (Å²) in [5.74, 6) is -0.213. The van der Waals surface area contributed by atoms with Crippen LogP contribution < -0.4 is 10.2 Å². The van der Waals surface area contributed by atoms with Crippen molar-refractivity contribution in [3.8, 4) is 0 Å². The number of pyridine rings is 1. The van der Waals surface area contributed by atoms with E-state index in [0.29, 0.717) is 39.1 Å². The monoisotopic (exact) mass is 445 g/mol. The van der Waals surface area contributed by atoms with Gasteiger partial charge in [0.15, 0.2) is 0 Å². The maximum Gasteiger partial charge on any atom is 0.417 e. The molecule has 3 rings (SSSR count). The van der Waals surface area contributed by atoms with Crippen LogP contribution in [0.5, 0.6) is 0 Å². The number of rotatable bonds is 7. The SMILES string of the molecule is CNC(=O)c1csc2c(C(F)(F)F)cc(N3CCC(OCCOC(C)C)CC3)nc12. The second-order valence-corrected chi connectivity index (χ2v) is 8.29. The molecule has 0 radical (unpaired) electrons. The van der Waals surface area contributed by atoms with Gasteiger partial charge >= 0.3 is 6.18 Å². The molecule has 0 bridgehead atoms. The molecule has 2 aromatic heterocycles. The number of amides is 1. The molecular weight excluding hydrogens is 419 g/mol. The summed E-state index contributed by atoms with van der Waals surface area (Å²) in [6, 6.07) is 1.09. The molecule has 0 spiro atoms. The Hall–Kier alpha value is -1.91. The number of anilines is 1. The van der Waals surface area contributed by atoms with Crippen LogP contribution in [0.2, 0.25) is 0 Å². The largest absolute Gasteiger partial charge is 0.417 e. The van der Waals surface area contributed by atoms with Gasteiger partial charge in [-0.15, -0.1) is 11.3 Å². The summed E-state index contributed by atoms with van der Waals surface area (Å²) in [5.41, 5.74) is -0.506. The number of ether oxygens (including phenoxy) is 2. The van der Waals surface area contributed by atoms with E-state index in [4.69, 9.17) is 9.47 Å². The fourth-order valence-electron chi connectivity index (χ4n) is 3.41. The quantitative estimate of drug-likeness (QED) is 0.651. The average Bonchev–Trinajstić information content (AvgIpc) is 3.13. The van der Waals surface area contributed by atoms with Crippen molar-refractivity contribution < 1.29 is 27.4 Å². The number of piperidine rings is 1. The maximum absolute atomic E-state index is 13.7. The lowest BCUT2D eigenvalue weighted by atomic mass is 10.1. The van der Waals surface area contributed by atoms with E-state index >= 15 is 0 Å². The molecule has 1 aliphatic heterocycles. The van der Waals surface area contributed by atoms with Gasteiger partial charge in [0, 0.05) is 25.5 Å². The van der Waals surface area contributed by atoms with E-state index in [1.807, 2.05) is 18.7 Å². The molecule has 166 valence electrons. The molecule has 0 aromatic carbocycles. The zero-order chi connectivity index (χ0) is 21.9. The van der Waals surface area contributed by atoms with E-state index in [2.05, 4.69) is 10.3 Å². The predicted octanol–water partition coefficient (Wildman–Crippen LogP) is 4.09. The maximum atomic E-state index is 13.7. The van der Waals surface area contributed by atoms with Crippen molar-refractivity contribution in [2.45, 2.75) is 45.1 Å². The van der Waals surface area contributed by atoms with Crippen molar-refractivity contribution in [3.63, 3.8) is 0 Å². The fraction of sp³-hybridized carbons (Fsp3) is 0.600. The van der Waals surface area contributed by atoms with Gasteiger partial charge in [0.2, 0.25) is 0 Å². The van der Waals surface area contributed by atoms with Crippen LogP contribution in [0.15, 0.2) is 11.4 Å². The molecule has 0 atom stereocenters. The minimum Gasteiger partial charge on any atom is -0.376 e. The van der Waals surface area contributed by atoms with Gasteiger partial charge in [0.25, 0.3) is 5.91 Å². The summed E-state index contributed by atoms with van der Waals surface area (Å²) < 4.78 is 52.3. The third kappa shape index (κ3) is 5.22. The standard InChI is InChI=1S/C20H26F3N3O3S/c1-12(2)28-8-9-29-13-4-6-26(7-5-13)16-10-15(20(21,22)23)18-17(25-16)14(11-30-18)19(27)24-3/h10-13H,4-9H2,1-3H3,(H,24,27). The third-order valence-electron chi connectivity index (χ3n) is 4.94. The first-order chi connectivity index (χ1) is 14.2. The van der Waals surface area contributed by atoms with Crippen LogP contribution in [0.1, 0.15) is 42.6 Å². The first kappa shape index (κ1) is 22.8. The van der Waals surface area contributed by atoms with Crippen molar-refractivity contribution in [2.75, 3.05) is 38.3 Å². The molecule has 30 heavy (non-hydrogen) atoms. The highest BCUT2D eigenvalue weighted by atomic mass is 32.1. The van der Waals surface area contributed by atoms with Gasteiger partial charge in [-0.3, -0.25) is 4.79 Å². The molecule has 6 nitrogen and oxygen atoms in total. The van der Waals surface area contributed by atoms with Gasteiger partial charge < -0.3 is 19.7 Å². The number of hydrogen-bond donors (Lipinski definition) is 1. The Bertz CT molecular complexity index is 877. The molecule has 1 fully saturated rings. The lowest BCUT2D eigenvalue weighted by Crippen LogP contribution is -2.38. The summed E-state index contributed by atoms with van der Waals surface area (Å²) >= 11 is 0.886. The van der Waals surface area contributed by atoms with E-state index in [9.17, 15) is 18.0 Å². The van der Waals surface area contributed by atoms with Gasteiger partial charge in [-0.25, -0.2) is 4.98 Å². The van der Waals surface area contributed by atoms with E-state index < -0.39 is 17.6 Å². The molecule has 2 aromatic rings. The second-order valence-electron chi connectivity index (χ2n) is 7.41. The number of carbonyl (C=O) groups is 1. The third-order valence-corrected chi connectivity index (χ3v) is 5.94. The number of thiophene rings is 1. The molecule has 1 saturated heterocycles. The normalized spacial score (nSPS) is 15.9. The number of hydrogen-bond acceptors (Lipinski definition) is 6. The van der Waals surface area contributed by atoms with Crippen LogP contribution in [-0.2, 0) is 15.7 Å². The van der Waals surface area contributed by atoms with Crippen molar-refractivity contribution >= 4 is 33.3 Å². The van der Waals surface area contributed by atoms with Gasteiger partial charge in [-0.2, -0.15) is 13.2 Å². The first-order valence-corrected chi connectivity index (χ1v) is 10.8. The Balaban J connectivity index is 1.77. The number of halogens is 3. The van der Waals surface area contributed by atoms with Gasteiger partial charge in [0.05, 0.1) is 46.8 Å². The molecule has 1 N–H and O–H groups in total. The molecule has 3 heterocycles. The van der Waals surface area contributed by atoms with E-state index in [1.165, 1.54) is 12.4 Å². The zero-order valence-corrected chi connectivity index (χ0v) is 18.0. The summed E-state index contributed by atoms with van der Waals surface area (Å²) in [4.78, 5) is 18.3. The molecule has 0 aliphatic carbocycles. The van der Waals surface area contributed by atoms with Crippen molar-refractivity contribution in [2.24, 2.45) is 0 Å². The molecule has 1 amide bonds. The molecular formula is C20H26F3N3O3S. The highest BCUT2D eigenvalue weighted by Crippen LogP contribution is 2.40. The van der Waals surface area contributed by atoms with Crippen molar-refractivity contribution in [1.29, 1.82) is 0 Å². The van der Waals surface area contributed by atoms with Crippen LogP contribution >= 0.6 is 11.3 Å². The summed E-state index contributed by atoms with van der Waals surface area (Å²) in [6.45, 7) is 6.00. The highest BCUT2D eigenvalue weighted by molar-refractivity contribution is 7.17. The predicted molar refractivity (Wildman–Crippen MR) is 110 cm³/mol. The highest BCUT2D eigenvalue weighted by Gasteiger charge is 2.36. The van der Waals surface area contributed by atoms with Crippen molar-refractivity contribution in [3.05, 3.63) is 22.6 Å². The van der Waals surface area contributed by atoms with Crippen LogP contribution in [0.3, 0.4) is 0 Å². The van der Waals surface area contributed by atoms with Crippen molar-refractivity contribution in [1.82, 2.24) is 10.3 Å². The molecule has 1 aliphatic rings. The van der Waals surface area contributed by atoms with Gasteiger partial charge in [-0.05, 0) is 32.8 Å². The minimum atomic E-state index is -4.53. The first-order valence-electron chi connectivity index (χ1n) is 9.90. The zero-order valence-electron chi connectivity index (χ0n) is 17.2. The van der Waals surface area contributed by atoms with E-state index in [1.54, 1.807) is 0 Å². The molecule has 10 heteroatoms. The number of aromatic nitrogens is 1. The molecule has 0 saturated carbocycles. The number of fused-ring (bicyclic) bond motifs is 1. The minimum absolute atomic E-state index is 0.0202. The van der Waals surface area contributed by atoms with Crippen LogP contribution in [-0.4, -0.2) is 56.5 Å². The van der Waals surface area contributed by atoms with Crippen LogP contribution in [0, 0.1) is 0 Å². The molecule has 0 unspecified atom stereocenters. The van der Waals surface area contributed by atoms with Gasteiger partial charge in [0.1, 0.15) is 5.82 Å². The fourth-order valence-corrected chi connectivity index (χ4v) is 4.44. The number of nitrogens with one attached hydrogen (secondary N) is 1. The van der Waals surface area contributed by atoms with E-state index in [-0.39, 0.29) is 33.8 Å². The summed E-state index contributed by atoms with van der Waals surface area (Å²) in [7, 11) is 1.44. The van der Waals surface area contributed by atoms with Gasteiger partial charge in [-0.1, -0.05) is 0 Å². The van der Waals surface area contributed by atoms with E-state index in [0.717, 1.165) is 17.4 Å². The Morgan fingerprint density at radius 2 is 2.03 bits per heavy atom. The average molecular weight is 446 g/mol. The number of alkyl halides is 3. The second kappa shape index (κ2) is 9.49. The summed E-state index contributed by atoms with van der Waals surface area (Å²) in [5, 5.41) is 3.89. The smallest absolute Gasteiger partial charge is 0.376 e. The Labute approximate surface area is 177 Å². The lowest BCUT2D eigenvalue weighted by molar-refractivity contribution is -0.136.